The zero-order chi connectivity index (χ0) is 22.4. The minimum atomic E-state index is -4.54. The Kier molecular flexibility index (Phi) is 17.1. The summed E-state index contributed by atoms with van der Waals surface area (Å²) in [6.45, 7) is 3.20. The van der Waals surface area contributed by atoms with Crippen LogP contribution in [0.1, 0.15) is 64.7 Å². The van der Waals surface area contributed by atoms with Crippen molar-refractivity contribution in [3.63, 3.8) is 0 Å². The van der Waals surface area contributed by atoms with Crippen LogP contribution in [0.5, 0.6) is 0 Å². The first kappa shape index (κ1) is 30.7. The first-order chi connectivity index (χ1) is 14.3. The number of hydrogen-bond donors (Lipinski definition) is 2. The van der Waals surface area contributed by atoms with Crippen molar-refractivity contribution >= 4 is 21.7 Å². The molecule has 0 spiro atoms. The quantitative estimate of drug-likeness (QED) is 0.0854. The number of allylic oxidation sites excluding steroid dienone is 2. The smallest absolute Gasteiger partial charge is 0.748 e. The summed E-state index contributed by atoms with van der Waals surface area (Å²) in [4.78, 5) is 14.5. The fourth-order valence-corrected chi connectivity index (χ4v) is 4.26. The molecule has 2 N–H and O–H groups in total. The van der Waals surface area contributed by atoms with Gasteiger partial charge in [-0.3, -0.25) is 14.3 Å². The van der Waals surface area contributed by atoms with E-state index in [1.54, 1.807) is 9.48 Å². The van der Waals surface area contributed by atoms with Crippen LogP contribution >= 0.6 is 0 Å². The van der Waals surface area contributed by atoms with Crippen molar-refractivity contribution in [1.29, 1.82) is 0 Å². The van der Waals surface area contributed by atoms with Crippen molar-refractivity contribution in [3.05, 3.63) is 12.2 Å². The van der Waals surface area contributed by atoms with Crippen molar-refractivity contribution in [2.45, 2.75) is 70.8 Å². The van der Waals surface area contributed by atoms with E-state index < -0.39 is 22.0 Å². The molecule has 0 aromatic carbocycles. The van der Waals surface area contributed by atoms with Crippen molar-refractivity contribution < 1.29 is 62.1 Å². The van der Waals surface area contributed by atoms with Gasteiger partial charge in [0.1, 0.15) is 32.3 Å². The van der Waals surface area contributed by atoms with Gasteiger partial charge in [0.2, 0.25) is 5.78 Å². The van der Waals surface area contributed by atoms with E-state index in [-0.39, 0.29) is 61.5 Å². The van der Waals surface area contributed by atoms with E-state index >= 15 is 0 Å². The fourth-order valence-electron chi connectivity index (χ4n) is 3.68. The van der Waals surface area contributed by atoms with Gasteiger partial charge in [-0.2, -0.15) is 0 Å². The second-order valence-electron chi connectivity index (χ2n) is 7.87. The molecule has 0 radical (unpaired) electrons. The van der Waals surface area contributed by atoms with Crippen LogP contribution < -0.4 is 29.6 Å². The number of unbranched alkanes of at least 4 members (excludes halogenated alkanes) is 7. The predicted octanol–water partition coefficient (Wildman–Crippen LogP) is -1.73. The molecule has 31 heavy (non-hydrogen) atoms. The molecule has 0 aromatic heterocycles. The van der Waals surface area contributed by atoms with Gasteiger partial charge < -0.3 is 14.8 Å². The van der Waals surface area contributed by atoms with Crippen LogP contribution in [-0.4, -0.2) is 88.9 Å². The third kappa shape index (κ3) is 13.8. The molecule has 8 nitrogen and oxygen atoms in total. The maximum Gasteiger partial charge on any atom is 1.00 e. The van der Waals surface area contributed by atoms with Gasteiger partial charge in [-0.05, 0) is 12.8 Å². The summed E-state index contributed by atoms with van der Waals surface area (Å²) in [5, 5.41) is 19.1. The Morgan fingerprint density at radius 1 is 1.19 bits per heavy atom. The number of aliphatic hydroxyl groups is 2. The number of Topliss-reactive ketones (excluding diaryl/α,β-unsaturated/α-hetero) is 1. The molecule has 1 atom stereocenters. The molecule has 1 aliphatic heterocycles. The number of ketones is 1. The number of rotatable bonds is 17. The van der Waals surface area contributed by atoms with Crippen LogP contribution in [-0.2, 0) is 14.9 Å². The number of β-amino-alcohol motifs (C(OH)–C–C–N with tert-alkyl or cyclic N) is 2. The van der Waals surface area contributed by atoms with Crippen molar-refractivity contribution in [3.8, 4) is 0 Å². The number of nitrogens with zero attached hydrogens (tertiary/aromatic N) is 2. The van der Waals surface area contributed by atoms with Crippen LogP contribution in [0.2, 0.25) is 0 Å². The summed E-state index contributed by atoms with van der Waals surface area (Å²) in [5.74, 6) is -0.663. The van der Waals surface area contributed by atoms with Gasteiger partial charge in [-0.1, -0.05) is 57.6 Å². The summed E-state index contributed by atoms with van der Waals surface area (Å²) in [6.07, 6.45) is 12.3. The van der Waals surface area contributed by atoms with E-state index in [0.717, 1.165) is 12.8 Å². The minimum Gasteiger partial charge on any atom is -0.748 e. The first-order valence-electron chi connectivity index (χ1n) is 11.1. The van der Waals surface area contributed by atoms with Gasteiger partial charge in [-0.25, -0.2) is 8.42 Å². The number of aliphatic hydroxyl groups excluding tert-OH is 2. The Balaban J connectivity index is 0.00000900. The summed E-state index contributed by atoms with van der Waals surface area (Å²) in [7, 11) is -4.54. The minimum absolute atomic E-state index is 0. The van der Waals surface area contributed by atoms with E-state index in [1.165, 1.54) is 38.5 Å². The Morgan fingerprint density at radius 2 is 1.84 bits per heavy atom. The Morgan fingerprint density at radius 3 is 2.45 bits per heavy atom. The largest absolute Gasteiger partial charge is 1.00 e. The number of carbonyl (C=O) groups is 1. The third-order valence-corrected chi connectivity index (χ3v) is 5.92. The molecule has 0 saturated carbocycles. The van der Waals surface area contributed by atoms with E-state index in [4.69, 9.17) is 0 Å². The summed E-state index contributed by atoms with van der Waals surface area (Å²) >= 11 is 0. The number of hydrogen-bond acceptors (Lipinski definition) is 7. The summed E-state index contributed by atoms with van der Waals surface area (Å²) < 4.78 is 34.2. The topological polar surface area (TPSA) is 121 Å². The van der Waals surface area contributed by atoms with Crippen molar-refractivity contribution in [2.75, 3.05) is 38.5 Å². The van der Waals surface area contributed by atoms with Crippen LogP contribution in [0, 0.1) is 0 Å². The van der Waals surface area contributed by atoms with Gasteiger partial charge >= 0.3 is 35.4 Å². The maximum atomic E-state index is 12.7. The molecule has 0 amide bonds. The first-order valence-corrected chi connectivity index (χ1v) is 12.6. The van der Waals surface area contributed by atoms with Gasteiger partial charge in [0.05, 0.1) is 22.5 Å². The van der Waals surface area contributed by atoms with E-state index in [0.29, 0.717) is 18.9 Å². The molecule has 1 rings (SSSR count). The SMILES string of the molecule is CCCCCCCCC/C=C/CC(=O)C1=[N+](CC(O)CS(=O)(=O)[O-])CCN1CCO.[Na+]. The van der Waals surface area contributed by atoms with Crippen molar-refractivity contribution in [2.24, 2.45) is 0 Å². The van der Waals surface area contributed by atoms with Crippen LogP contribution in [0.25, 0.3) is 0 Å². The van der Waals surface area contributed by atoms with Gasteiger partial charge in [0.15, 0.2) is 0 Å². The average molecular weight is 470 g/mol. The molecule has 0 fully saturated rings. The maximum absolute atomic E-state index is 12.7. The molecule has 1 aliphatic rings. The monoisotopic (exact) mass is 469 g/mol. The van der Waals surface area contributed by atoms with Crippen LogP contribution in [0.15, 0.2) is 12.2 Å². The number of carbonyl (C=O) groups excluding carboxylic acids is 1. The molecule has 0 bridgehead atoms. The molecule has 1 unspecified atom stereocenters. The summed E-state index contributed by atoms with van der Waals surface area (Å²) in [5.41, 5.74) is 0. The molecule has 0 aliphatic carbocycles. The third-order valence-electron chi connectivity index (χ3n) is 5.13. The normalized spacial score (nSPS) is 15.5. The van der Waals surface area contributed by atoms with Crippen LogP contribution in [0.3, 0.4) is 0 Å². The second kappa shape index (κ2) is 17.2. The van der Waals surface area contributed by atoms with E-state index in [9.17, 15) is 28.0 Å². The van der Waals surface area contributed by atoms with Gasteiger partial charge in [0.25, 0.3) is 0 Å². The average Bonchev–Trinajstić information content (AvgIpc) is 3.04. The molecule has 174 valence electrons. The second-order valence-corrected chi connectivity index (χ2v) is 9.32. The standard InChI is InChI=1S/C21H38N2O6S.Na/c1-2-3-4-5-6-7-8-9-10-11-12-20(26)21-22(15-16-24)13-14-23(21)17-19(25)18-30(27,28)29;/h10-11,19,24-25H,2-9,12-18H2,1H3;/q;+1/b11-10+;. The van der Waals surface area contributed by atoms with Crippen molar-refractivity contribution in [1.82, 2.24) is 4.90 Å². The molecule has 1 heterocycles. The Hall–Kier alpha value is -0.290. The Labute approximate surface area is 209 Å². The molecule has 0 saturated heterocycles. The van der Waals surface area contributed by atoms with E-state index in [2.05, 4.69) is 6.92 Å². The molecule has 0 aromatic rings. The van der Waals surface area contributed by atoms with Gasteiger partial charge in [0, 0.05) is 6.42 Å². The molecular weight excluding hydrogens is 431 g/mol. The summed E-state index contributed by atoms with van der Waals surface area (Å²) in [6, 6.07) is 0. The number of amidine groups is 1. The zero-order valence-electron chi connectivity index (χ0n) is 19.2. The van der Waals surface area contributed by atoms with E-state index in [1.807, 2.05) is 12.2 Å². The fraction of sp³-hybridized carbons (Fsp3) is 0.810. The molecule has 10 heteroatoms. The Bertz CT molecular complexity index is 681. The zero-order valence-corrected chi connectivity index (χ0v) is 22.0. The predicted molar refractivity (Wildman–Crippen MR) is 116 cm³/mol. The van der Waals surface area contributed by atoms with Gasteiger partial charge in [-0.15, -0.1) is 0 Å². The molecular formula is C21H38N2NaO6S+. The van der Waals surface area contributed by atoms with Crippen LogP contribution in [0.4, 0.5) is 0 Å².